The summed E-state index contributed by atoms with van der Waals surface area (Å²) in [5.74, 6) is -1.79. The molecule has 21 heavy (non-hydrogen) atoms. The molecule has 0 amide bonds. The normalized spacial score (nSPS) is 11.2. The summed E-state index contributed by atoms with van der Waals surface area (Å²) in [6.07, 6.45) is -4.68. The Labute approximate surface area is 115 Å². The zero-order valence-corrected chi connectivity index (χ0v) is 10.2. The first-order valence-electron chi connectivity index (χ1n) is 5.44. The van der Waals surface area contributed by atoms with E-state index < -0.39 is 17.6 Å². The second-order valence-electron chi connectivity index (χ2n) is 3.99. The van der Waals surface area contributed by atoms with E-state index in [9.17, 15) is 17.6 Å². The molecule has 0 aliphatic carbocycles. The van der Waals surface area contributed by atoms with Crippen molar-refractivity contribution in [2.45, 2.75) is 6.18 Å². The monoisotopic (exact) mass is 297 g/mol. The Morgan fingerprint density at radius 2 is 1.81 bits per heavy atom. The van der Waals surface area contributed by atoms with E-state index in [1.807, 2.05) is 0 Å². The first-order valence-corrected chi connectivity index (χ1v) is 5.44. The standard InChI is InChI=1S/C12H7F4N5/c13-8-3-5(12(14,15)16)1-2-6(8)9-7(4-17)10(18)21-11(19)20-9/h1-3H,(H4,18,19,20,21). The molecule has 0 spiro atoms. The van der Waals surface area contributed by atoms with Gasteiger partial charge in [0.2, 0.25) is 5.95 Å². The van der Waals surface area contributed by atoms with E-state index >= 15 is 0 Å². The number of nitrogens with zero attached hydrogens (tertiary/aromatic N) is 3. The fourth-order valence-corrected chi connectivity index (χ4v) is 1.68. The van der Waals surface area contributed by atoms with Gasteiger partial charge in [-0.3, -0.25) is 0 Å². The van der Waals surface area contributed by atoms with E-state index in [1.165, 1.54) is 0 Å². The van der Waals surface area contributed by atoms with Crippen molar-refractivity contribution in [3.63, 3.8) is 0 Å². The molecule has 0 bridgehead atoms. The highest BCUT2D eigenvalue weighted by molar-refractivity contribution is 5.73. The number of anilines is 2. The van der Waals surface area contributed by atoms with Gasteiger partial charge in [0.25, 0.3) is 0 Å². The maximum atomic E-state index is 13.9. The van der Waals surface area contributed by atoms with Crippen LogP contribution in [-0.4, -0.2) is 9.97 Å². The molecule has 0 fully saturated rings. The molecule has 1 aromatic carbocycles. The minimum atomic E-state index is -4.68. The zero-order valence-electron chi connectivity index (χ0n) is 10.2. The summed E-state index contributed by atoms with van der Waals surface area (Å²) in [5, 5.41) is 8.97. The van der Waals surface area contributed by atoms with Gasteiger partial charge < -0.3 is 11.5 Å². The number of aromatic nitrogens is 2. The van der Waals surface area contributed by atoms with Gasteiger partial charge in [0.05, 0.1) is 11.3 Å². The van der Waals surface area contributed by atoms with Crippen LogP contribution in [0, 0.1) is 17.1 Å². The predicted octanol–water partition coefficient (Wildman–Crippen LogP) is 2.34. The summed E-state index contributed by atoms with van der Waals surface area (Å²) in [5.41, 5.74) is 8.83. The highest BCUT2D eigenvalue weighted by Gasteiger charge is 2.31. The number of hydrogen-bond donors (Lipinski definition) is 2. The lowest BCUT2D eigenvalue weighted by atomic mass is 10.0. The third-order valence-electron chi connectivity index (χ3n) is 2.62. The SMILES string of the molecule is N#Cc1c(N)nc(N)nc1-c1ccc(C(F)(F)F)cc1F. The molecule has 5 nitrogen and oxygen atoms in total. The molecule has 0 saturated heterocycles. The third-order valence-corrected chi connectivity index (χ3v) is 2.62. The van der Waals surface area contributed by atoms with Crippen LogP contribution in [0.2, 0.25) is 0 Å². The van der Waals surface area contributed by atoms with Gasteiger partial charge in [0.1, 0.15) is 23.3 Å². The van der Waals surface area contributed by atoms with E-state index in [1.54, 1.807) is 6.07 Å². The summed E-state index contributed by atoms with van der Waals surface area (Å²) in [7, 11) is 0. The average Bonchev–Trinajstić information content (AvgIpc) is 2.36. The Bertz CT molecular complexity index is 749. The van der Waals surface area contributed by atoms with Crippen LogP contribution in [0.25, 0.3) is 11.3 Å². The van der Waals surface area contributed by atoms with Gasteiger partial charge in [-0.05, 0) is 18.2 Å². The molecule has 2 aromatic rings. The number of nitriles is 1. The Morgan fingerprint density at radius 1 is 1.14 bits per heavy atom. The van der Waals surface area contributed by atoms with Crippen molar-refractivity contribution in [2.75, 3.05) is 11.5 Å². The predicted molar refractivity (Wildman–Crippen MR) is 66.0 cm³/mol. The van der Waals surface area contributed by atoms with Crippen LogP contribution in [0.4, 0.5) is 29.3 Å². The zero-order chi connectivity index (χ0) is 15.8. The molecule has 1 heterocycles. The van der Waals surface area contributed by atoms with E-state index in [0.29, 0.717) is 12.1 Å². The number of halogens is 4. The quantitative estimate of drug-likeness (QED) is 0.787. The molecule has 1 aromatic heterocycles. The maximum absolute atomic E-state index is 13.9. The number of alkyl halides is 3. The van der Waals surface area contributed by atoms with Crippen molar-refractivity contribution in [1.82, 2.24) is 9.97 Å². The van der Waals surface area contributed by atoms with Crippen LogP contribution in [-0.2, 0) is 6.18 Å². The highest BCUT2D eigenvalue weighted by Crippen LogP contribution is 2.33. The van der Waals surface area contributed by atoms with Crippen molar-refractivity contribution < 1.29 is 17.6 Å². The summed E-state index contributed by atoms with van der Waals surface area (Å²) >= 11 is 0. The molecule has 4 N–H and O–H groups in total. The van der Waals surface area contributed by atoms with Crippen LogP contribution in [0.5, 0.6) is 0 Å². The lowest BCUT2D eigenvalue weighted by Gasteiger charge is -2.10. The molecule has 0 radical (unpaired) electrons. The van der Waals surface area contributed by atoms with E-state index in [2.05, 4.69) is 9.97 Å². The first-order chi connectivity index (χ1) is 9.74. The summed E-state index contributed by atoms with van der Waals surface area (Å²) < 4.78 is 51.4. The van der Waals surface area contributed by atoms with Crippen molar-refractivity contribution in [1.29, 1.82) is 5.26 Å². The fraction of sp³-hybridized carbons (Fsp3) is 0.0833. The Kier molecular flexibility index (Phi) is 3.39. The third kappa shape index (κ3) is 2.69. The average molecular weight is 297 g/mol. The molecule has 0 aliphatic rings. The number of nitrogen functional groups attached to an aromatic ring is 2. The number of benzene rings is 1. The van der Waals surface area contributed by atoms with Crippen LogP contribution in [0.15, 0.2) is 18.2 Å². The summed E-state index contributed by atoms with van der Waals surface area (Å²) in [4.78, 5) is 7.21. The molecule has 9 heteroatoms. The van der Waals surface area contributed by atoms with Crippen LogP contribution in [0.3, 0.4) is 0 Å². The van der Waals surface area contributed by atoms with Gasteiger partial charge in [0.15, 0.2) is 0 Å². The van der Waals surface area contributed by atoms with E-state index in [4.69, 9.17) is 16.7 Å². The topological polar surface area (TPSA) is 102 Å². The number of hydrogen-bond acceptors (Lipinski definition) is 5. The van der Waals surface area contributed by atoms with Gasteiger partial charge in [0, 0.05) is 5.56 Å². The Morgan fingerprint density at radius 3 is 2.33 bits per heavy atom. The van der Waals surface area contributed by atoms with Crippen molar-refractivity contribution >= 4 is 11.8 Å². The van der Waals surface area contributed by atoms with Crippen LogP contribution >= 0.6 is 0 Å². The van der Waals surface area contributed by atoms with Gasteiger partial charge in [-0.1, -0.05) is 0 Å². The largest absolute Gasteiger partial charge is 0.416 e. The first kappa shape index (κ1) is 14.5. The minimum absolute atomic E-state index is 0.256. The van der Waals surface area contributed by atoms with Crippen LogP contribution in [0.1, 0.15) is 11.1 Å². The molecule has 2 rings (SSSR count). The minimum Gasteiger partial charge on any atom is -0.382 e. The number of rotatable bonds is 1. The molecule has 108 valence electrons. The van der Waals surface area contributed by atoms with Gasteiger partial charge >= 0.3 is 6.18 Å². The van der Waals surface area contributed by atoms with Gasteiger partial charge in [-0.2, -0.15) is 23.4 Å². The Balaban J connectivity index is 2.67. The maximum Gasteiger partial charge on any atom is 0.416 e. The lowest BCUT2D eigenvalue weighted by Crippen LogP contribution is -2.08. The fourth-order valence-electron chi connectivity index (χ4n) is 1.68. The van der Waals surface area contributed by atoms with Crippen molar-refractivity contribution in [2.24, 2.45) is 0 Å². The second kappa shape index (κ2) is 4.90. The molecule has 0 saturated carbocycles. The van der Waals surface area contributed by atoms with Gasteiger partial charge in [-0.15, -0.1) is 0 Å². The number of nitrogens with two attached hydrogens (primary N) is 2. The molecule has 0 atom stereocenters. The van der Waals surface area contributed by atoms with Crippen molar-refractivity contribution in [3.8, 4) is 17.3 Å². The molecular weight excluding hydrogens is 290 g/mol. The second-order valence-corrected chi connectivity index (χ2v) is 3.99. The van der Waals surface area contributed by atoms with Crippen molar-refractivity contribution in [3.05, 3.63) is 35.1 Å². The smallest absolute Gasteiger partial charge is 0.382 e. The lowest BCUT2D eigenvalue weighted by molar-refractivity contribution is -0.137. The Hall–Kier alpha value is -2.89. The van der Waals surface area contributed by atoms with Gasteiger partial charge in [-0.25, -0.2) is 9.37 Å². The molecule has 0 unspecified atom stereocenters. The van der Waals surface area contributed by atoms with E-state index in [-0.39, 0.29) is 28.6 Å². The van der Waals surface area contributed by atoms with Crippen LogP contribution < -0.4 is 11.5 Å². The van der Waals surface area contributed by atoms with E-state index in [0.717, 1.165) is 6.07 Å². The summed E-state index contributed by atoms with van der Waals surface area (Å²) in [6, 6.07) is 3.51. The highest BCUT2D eigenvalue weighted by atomic mass is 19.4. The molecular formula is C12H7F4N5. The molecule has 0 aliphatic heterocycles. The summed E-state index contributed by atoms with van der Waals surface area (Å²) in [6.45, 7) is 0.